The van der Waals surface area contributed by atoms with E-state index in [9.17, 15) is 18.3 Å². The van der Waals surface area contributed by atoms with Crippen molar-refractivity contribution in [3.63, 3.8) is 0 Å². The van der Waals surface area contributed by atoms with Gasteiger partial charge in [-0.15, -0.1) is 11.3 Å². The second-order valence-corrected chi connectivity index (χ2v) is 16.4. The van der Waals surface area contributed by atoms with E-state index in [1.54, 1.807) is 6.07 Å². The third-order valence-electron chi connectivity index (χ3n) is 9.55. The zero-order chi connectivity index (χ0) is 36.5. The lowest BCUT2D eigenvalue weighted by molar-refractivity contribution is -0.137. The number of rotatable bonds is 4. The number of halogens is 3. The fraction of sp³-hybridized carbons (Fsp3) is 0.227. The van der Waals surface area contributed by atoms with Crippen LogP contribution in [0.5, 0.6) is 5.75 Å². The predicted octanol–water partition coefficient (Wildman–Crippen LogP) is 13.1. The number of hydrogen-bond acceptors (Lipinski definition) is 4. The maximum absolute atomic E-state index is 13.5. The minimum Gasteiger partial charge on any atom is -0.507 e. The highest BCUT2D eigenvalue weighted by Crippen LogP contribution is 2.44. The number of aromatic hydroxyl groups is 1. The molecule has 0 spiro atoms. The number of pyridine rings is 1. The van der Waals surface area contributed by atoms with Crippen LogP contribution >= 0.6 is 11.3 Å². The molecular formula is C44H39F3N2OS. The van der Waals surface area contributed by atoms with Crippen LogP contribution in [0.15, 0.2) is 103 Å². The predicted molar refractivity (Wildman–Crippen MR) is 205 cm³/mol. The Morgan fingerprint density at radius 2 is 1.22 bits per heavy atom. The van der Waals surface area contributed by atoms with Crippen LogP contribution in [0.3, 0.4) is 0 Å². The van der Waals surface area contributed by atoms with Gasteiger partial charge in [-0.05, 0) is 117 Å². The third-order valence-corrected chi connectivity index (χ3v) is 10.6. The smallest absolute Gasteiger partial charge is 0.416 e. The molecule has 0 atom stereocenters. The number of aryl methyl sites for hydroxylation is 1. The number of thiazole rings is 1. The summed E-state index contributed by atoms with van der Waals surface area (Å²) in [6.07, 6.45) is -2.58. The monoisotopic (exact) mass is 700 g/mol. The number of benzene rings is 5. The fourth-order valence-electron chi connectivity index (χ4n) is 6.45. The van der Waals surface area contributed by atoms with Gasteiger partial charge in [0.15, 0.2) is 0 Å². The van der Waals surface area contributed by atoms with Crippen LogP contribution < -0.4 is 0 Å². The highest BCUT2D eigenvalue weighted by molar-refractivity contribution is 7.21. The topological polar surface area (TPSA) is 46.0 Å². The van der Waals surface area contributed by atoms with Gasteiger partial charge in [0.2, 0.25) is 0 Å². The highest BCUT2D eigenvalue weighted by Gasteiger charge is 2.30. The Morgan fingerprint density at radius 3 is 1.86 bits per heavy atom. The molecule has 0 unspecified atom stereocenters. The zero-order valence-corrected chi connectivity index (χ0v) is 30.5. The van der Waals surface area contributed by atoms with Crippen LogP contribution in [0.2, 0.25) is 0 Å². The first kappa shape index (κ1) is 34.4. The van der Waals surface area contributed by atoms with Crippen molar-refractivity contribution in [1.29, 1.82) is 0 Å². The molecule has 1 N–H and O–H groups in total. The van der Waals surface area contributed by atoms with Crippen molar-refractivity contribution in [3.8, 4) is 49.7 Å². The lowest BCUT2D eigenvalue weighted by Gasteiger charge is -2.22. The Kier molecular flexibility index (Phi) is 8.33. The number of aromatic nitrogens is 2. The van der Waals surface area contributed by atoms with Crippen LogP contribution in [0.25, 0.3) is 65.1 Å². The Morgan fingerprint density at radius 1 is 0.588 bits per heavy atom. The van der Waals surface area contributed by atoms with Crippen LogP contribution in [0.4, 0.5) is 13.2 Å². The van der Waals surface area contributed by atoms with Crippen LogP contribution in [-0.2, 0) is 17.0 Å². The first-order valence-electron chi connectivity index (χ1n) is 16.9. The van der Waals surface area contributed by atoms with Crippen molar-refractivity contribution in [1.82, 2.24) is 9.97 Å². The molecule has 7 aromatic rings. The second-order valence-electron chi connectivity index (χ2n) is 15.3. The van der Waals surface area contributed by atoms with Gasteiger partial charge in [0.25, 0.3) is 0 Å². The number of hydrogen-bond donors (Lipinski definition) is 1. The summed E-state index contributed by atoms with van der Waals surface area (Å²) < 4.78 is 41.3. The molecule has 0 bridgehead atoms. The van der Waals surface area contributed by atoms with E-state index in [-0.39, 0.29) is 16.6 Å². The van der Waals surface area contributed by atoms with Crippen LogP contribution in [-0.4, -0.2) is 15.1 Å². The minimum absolute atomic E-state index is 0.0855. The SMILES string of the molecule is Cc1ccnc2c(-c3cccc(-c4cc(-c5ccc(C(F)(F)F)cc5)cc5sc(-c6cc(C(C)(C)C)ccc6O)nc45)c3)cc(C(C)(C)C)cc12. The lowest BCUT2D eigenvalue weighted by atomic mass is 9.83. The molecule has 7 heteroatoms. The molecule has 0 amide bonds. The minimum atomic E-state index is -4.42. The summed E-state index contributed by atoms with van der Waals surface area (Å²) >= 11 is 1.46. The molecule has 51 heavy (non-hydrogen) atoms. The van der Waals surface area contributed by atoms with Gasteiger partial charge in [-0.1, -0.05) is 77.9 Å². The van der Waals surface area contributed by atoms with E-state index >= 15 is 0 Å². The molecule has 258 valence electrons. The maximum Gasteiger partial charge on any atom is 0.416 e. The molecule has 0 radical (unpaired) electrons. The molecule has 5 aromatic carbocycles. The molecule has 0 aliphatic rings. The van der Waals surface area contributed by atoms with E-state index in [4.69, 9.17) is 9.97 Å². The summed E-state index contributed by atoms with van der Waals surface area (Å²) in [4.78, 5) is 9.96. The van der Waals surface area contributed by atoms with Gasteiger partial charge in [0.05, 0.1) is 26.9 Å². The van der Waals surface area contributed by atoms with Gasteiger partial charge in [0.1, 0.15) is 10.8 Å². The van der Waals surface area contributed by atoms with Gasteiger partial charge < -0.3 is 5.11 Å². The molecule has 7 rings (SSSR count). The molecule has 2 heterocycles. The largest absolute Gasteiger partial charge is 0.507 e. The van der Waals surface area contributed by atoms with Gasteiger partial charge >= 0.3 is 6.18 Å². The summed E-state index contributed by atoms with van der Waals surface area (Å²) in [7, 11) is 0. The summed E-state index contributed by atoms with van der Waals surface area (Å²) in [6.45, 7) is 15.1. The van der Waals surface area contributed by atoms with Crippen molar-refractivity contribution in [2.45, 2.75) is 65.5 Å². The molecule has 0 aliphatic heterocycles. The maximum atomic E-state index is 13.5. The van der Waals surface area contributed by atoms with E-state index < -0.39 is 11.7 Å². The summed E-state index contributed by atoms with van der Waals surface area (Å²) in [5.41, 5.74) is 10.1. The molecule has 2 aromatic heterocycles. The van der Waals surface area contributed by atoms with Gasteiger partial charge in [-0.2, -0.15) is 13.2 Å². The molecule has 0 aliphatic carbocycles. The Balaban J connectivity index is 1.46. The average Bonchev–Trinajstić information content (AvgIpc) is 3.51. The fourth-order valence-corrected chi connectivity index (χ4v) is 7.51. The van der Waals surface area contributed by atoms with Crippen molar-refractivity contribution in [2.75, 3.05) is 0 Å². The Labute approximate surface area is 300 Å². The zero-order valence-electron chi connectivity index (χ0n) is 29.7. The van der Waals surface area contributed by atoms with Crippen LogP contribution in [0.1, 0.15) is 63.8 Å². The second kappa shape index (κ2) is 12.3. The Bertz CT molecular complexity index is 2450. The number of phenols is 1. The quantitative estimate of drug-likeness (QED) is 0.199. The molecule has 0 fully saturated rings. The molecular weight excluding hydrogens is 662 g/mol. The summed E-state index contributed by atoms with van der Waals surface area (Å²) in [5.74, 6) is 0.141. The summed E-state index contributed by atoms with van der Waals surface area (Å²) in [5, 5.41) is 12.8. The molecule has 3 nitrogen and oxygen atoms in total. The van der Waals surface area contributed by atoms with Gasteiger partial charge in [-0.25, -0.2) is 4.98 Å². The van der Waals surface area contributed by atoms with Gasteiger partial charge in [0, 0.05) is 22.7 Å². The number of fused-ring (bicyclic) bond motifs is 2. The molecule has 0 saturated carbocycles. The van der Waals surface area contributed by atoms with Crippen molar-refractivity contribution >= 4 is 32.5 Å². The number of phenolic OH excluding ortho intramolecular Hbond substituents is 1. The van der Waals surface area contributed by atoms with Crippen LogP contribution in [0, 0.1) is 6.92 Å². The normalized spacial score (nSPS) is 12.6. The van der Waals surface area contributed by atoms with E-state index in [2.05, 4.69) is 72.7 Å². The number of alkyl halides is 3. The first-order chi connectivity index (χ1) is 24.0. The van der Waals surface area contributed by atoms with E-state index in [0.29, 0.717) is 16.1 Å². The summed E-state index contributed by atoms with van der Waals surface area (Å²) in [6, 6.07) is 29.7. The first-order valence-corrected chi connectivity index (χ1v) is 17.8. The van der Waals surface area contributed by atoms with Gasteiger partial charge in [-0.3, -0.25) is 4.98 Å². The van der Waals surface area contributed by atoms with E-state index in [1.807, 2.05) is 48.7 Å². The van der Waals surface area contributed by atoms with Crippen molar-refractivity contribution in [3.05, 3.63) is 126 Å². The van der Waals surface area contributed by atoms with Crippen molar-refractivity contribution in [2.24, 2.45) is 0 Å². The third kappa shape index (κ3) is 6.63. The van der Waals surface area contributed by atoms with E-state index in [1.165, 1.54) is 29.0 Å². The number of nitrogens with zero attached hydrogens (tertiary/aromatic N) is 2. The van der Waals surface area contributed by atoms with E-state index in [0.717, 1.165) is 72.2 Å². The molecule has 0 saturated heterocycles. The Hall–Kier alpha value is -5.01. The van der Waals surface area contributed by atoms with Crippen molar-refractivity contribution < 1.29 is 18.3 Å². The average molecular weight is 701 g/mol. The highest BCUT2D eigenvalue weighted by atomic mass is 32.1. The standard InChI is InChI=1S/C44H39F3N2OS/c1-25-17-18-48-39-33(25)23-32(43(5,6)7)24-35(39)28-10-8-9-27(19-28)34-20-29(26-11-13-30(14-12-26)44(45,46)47)21-38-40(34)49-41(51-38)36-22-31(42(2,3)4)15-16-37(36)50/h8-24,50H,1-7H3. The lowest BCUT2D eigenvalue weighted by Crippen LogP contribution is -2.11.